The van der Waals surface area contributed by atoms with E-state index in [1.54, 1.807) is 6.92 Å². The summed E-state index contributed by atoms with van der Waals surface area (Å²) in [5, 5.41) is 9.62. The summed E-state index contributed by atoms with van der Waals surface area (Å²) in [6, 6.07) is 3.34. The number of aromatic hydroxyl groups is 1. The summed E-state index contributed by atoms with van der Waals surface area (Å²) in [4.78, 5) is 0. The quantitative estimate of drug-likeness (QED) is 0.820. The van der Waals surface area contributed by atoms with Gasteiger partial charge in [-0.2, -0.15) is 0 Å². The van der Waals surface area contributed by atoms with Gasteiger partial charge in [-0.1, -0.05) is 0 Å². The Labute approximate surface area is 104 Å². The lowest BCUT2D eigenvalue weighted by Gasteiger charge is -2.26. The van der Waals surface area contributed by atoms with Gasteiger partial charge >= 0.3 is 0 Å². The van der Waals surface area contributed by atoms with Crippen LogP contribution in [0.25, 0.3) is 0 Å². The first-order chi connectivity index (χ1) is 7.71. The highest BCUT2D eigenvalue weighted by Gasteiger charge is 2.29. The molecule has 0 aliphatic rings. The van der Waals surface area contributed by atoms with Crippen LogP contribution in [0.15, 0.2) is 18.2 Å². The zero-order valence-corrected chi connectivity index (χ0v) is 11.3. The van der Waals surface area contributed by atoms with E-state index in [0.717, 1.165) is 0 Å². The second-order valence-corrected chi connectivity index (χ2v) is 6.92. The van der Waals surface area contributed by atoms with Crippen LogP contribution in [0.3, 0.4) is 0 Å². The maximum atomic E-state index is 13.1. The lowest BCUT2D eigenvalue weighted by molar-refractivity contribution is 0.456. The van der Waals surface area contributed by atoms with E-state index in [2.05, 4.69) is 4.72 Å². The Balaban J connectivity index is 2.83. The average Bonchev–Trinajstić information content (AvgIpc) is 2.20. The van der Waals surface area contributed by atoms with Crippen molar-refractivity contribution >= 4 is 11.4 Å². The van der Waals surface area contributed by atoms with Crippen LogP contribution in [0.5, 0.6) is 5.75 Å². The third-order valence-corrected chi connectivity index (χ3v) is 3.98. The fourth-order valence-electron chi connectivity index (χ4n) is 1.27. The van der Waals surface area contributed by atoms with Gasteiger partial charge < -0.3 is 9.66 Å². The number of phenols is 1. The van der Waals surface area contributed by atoms with Crippen LogP contribution < -0.4 is 4.72 Å². The van der Waals surface area contributed by atoms with Crippen molar-refractivity contribution in [2.24, 2.45) is 0 Å². The molecule has 2 atom stereocenters. The highest BCUT2D eigenvalue weighted by molar-refractivity contribution is 7.90. The van der Waals surface area contributed by atoms with Gasteiger partial charge in [-0.25, -0.2) is 4.39 Å². The number of halogens is 1. The molecule has 0 amide bonds. The van der Waals surface area contributed by atoms with Gasteiger partial charge in [-0.15, -0.1) is 4.72 Å². The molecule has 96 valence electrons. The second kappa shape index (κ2) is 5.25. The summed E-state index contributed by atoms with van der Waals surface area (Å²) >= 11 is -1.27. The Morgan fingerprint density at radius 1 is 1.41 bits per heavy atom. The highest BCUT2D eigenvalue weighted by atomic mass is 32.2. The third-order valence-electron chi connectivity index (χ3n) is 2.30. The fraction of sp³-hybridized carbons (Fsp3) is 0.500. The Morgan fingerprint density at radius 2 is 2.00 bits per heavy atom. The molecule has 1 rings (SSSR count). The van der Waals surface area contributed by atoms with E-state index >= 15 is 0 Å². The number of nitrogens with one attached hydrogen (secondary N) is 1. The van der Waals surface area contributed by atoms with Crippen molar-refractivity contribution in [3.8, 4) is 5.75 Å². The molecule has 3 nitrogen and oxygen atoms in total. The van der Waals surface area contributed by atoms with Crippen LogP contribution in [0.4, 0.5) is 4.39 Å². The molecular formula is C12H18FNO2S. The molecule has 1 aromatic carbocycles. The summed E-state index contributed by atoms with van der Waals surface area (Å²) in [5.41, 5.74) is 0.405. The van der Waals surface area contributed by atoms with Gasteiger partial charge in [0, 0.05) is 16.9 Å². The normalized spacial score (nSPS) is 15.6. The molecule has 0 unspecified atom stereocenters. The summed E-state index contributed by atoms with van der Waals surface area (Å²) in [6.45, 7) is 7.26. The topological polar surface area (TPSA) is 55.3 Å². The lowest BCUT2D eigenvalue weighted by Crippen LogP contribution is -2.40. The Morgan fingerprint density at radius 3 is 2.53 bits per heavy atom. The van der Waals surface area contributed by atoms with Crippen molar-refractivity contribution < 1.29 is 14.0 Å². The predicted molar refractivity (Wildman–Crippen MR) is 67.5 cm³/mol. The van der Waals surface area contributed by atoms with E-state index in [0.29, 0.717) is 5.56 Å². The third kappa shape index (κ3) is 3.87. The molecule has 0 aromatic heterocycles. The minimum atomic E-state index is -1.27. The molecule has 0 bridgehead atoms. The fourth-order valence-corrected chi connectivity index (χ4v) is 2.07. The number of rotatable bonds is 3. The van der Waals surface area contributed by atoms with Crippen molar-refractivity contribution in [3.05, 3.63) is 29.6 Å². The van der Waals surface area contributed by atoms with Gasteiger partial charge in [0.15, 0.2) is 0 Å². The first-order valence-corrected chi connectivity index (χ1v) is 6.53. The lowest BCUT2D eigenvalue weighted by atomic mass is 10.1. The van der Waals surface area contributed by atoms with E-state index in [4.69, 9.17) is 0 Å². The van der Waals surface area contributed by atoms with Crippen molar-refractivity contribution in [1.82, 2.24) is 4.72 Å². The molecule has 1 aromatic rings. The molecule has 0 aliphatic heterocycles. The number of hydrogen-bond acceptors (Lipinski definition) is 3. The van der Waals surface area contributed by atoms with Gasteiger partial charge in [-0.05, 0) is 45.9 Å². The summed E-state index contributed by atoms with van der Waals surface area (Å²) in [6.07, 6.45) is 0. The molecule has 0 fully saturated rings. The monoisotopic (exact) mass is 259 g/mol. The molecular weight excluding hydrogens is 241 g/mol. The van der Waals surface area contributed by atoms with Crippen molar-refractivity contribution in [1.29, 1.82) is 0 Å². The number of phenolic OH excluding ortho intramolecular Hbond substituents is 1. The van der Waals surface area contributed by atoms with Gasteiger partial charge in [0.25, 0.3) is 0 Å². The van der Waals surface area contributed by atoms with Crippen LogP contribution in [0, 0.1) is 5.82 Å². The first-order valence-electron chi connectivity index (χ1n) is 5.38. The van der Waals surface area contributed by atoms with Crippen molar-refractivity contribution in [3.63, 3.8) is 0 Å². The maximum Gasteiger partial charge on any atom is 0.136 e. The molecule has 0 radical (unpaired) electrons. The second-order valence-electron chi connectivity index (χ2n) is 4.92. The summed E-state index contributed by atoms with van der Waals surface area (Å²) in [5.74, 6) is -0.426. The van der Waals surface area contributed by atoms with E-state index in [-0.39, 0.29) is 11.8 Å². The van der Waals surface area contributed by atoms with E-state index in [9.17, 15) is 14.0 Å². The largest absolute Gasteiger partial charge is 0.598 e. The van der Waals surface area contributed by atoms with Gasteiger partial charge in [0.2, 0.25) is 0 Å². The molecule has 0 aliphatic carbocycles. The molecule has 17 heavy (non-hydrogen) atoms. The van der Waals surface area contributed by atoms with Gasteiger partial charge in [0.05, 0.1) is 6.04 Å². The van der Waals surface area contributed by atoms with Crippen LogP contribution in [0.2, 0.25) is 0 Å². The van der Waals surface area contributed by atoms with Crippen LogP contribution >= 0.6 is 0 Å². The summed E-state index contributed by atoms with van der Waals surface area (Å²) < 4.78 is 27.4. The standard InChI is InChI=1S/C12H18FNO2S/c1-8(14-17(16)12(2,3)4)10-7-9(13)5-6-11(10)15/h5-8,14-15H,1-4H3/t8-,17-/m1/s1. The number of benzene rings is 1. The molecule has 0 spiro atoms. The average molecular weight is 259 g/mol. The van der Waals surface area contributed by atoms with Crippen molar-refractivity contribution in [2.75, 3.05) is 0 Å². The molecule has 0 heterocycles. The van der Waals surface area contributed by atoms with Crippen LogP contribution in [-0.2, 0) is 11.4 Å². The zero-order valence-electron chi connectivity index (χ0n) is 10.5. The highest BCUT2D eigenvalue weighted by Crippen LogP contribution is 2.26. The van der Waals surface area contributed by atoms with Gasteiger partial charge in [-0.3, -0.25) is 0 Å². The Bertz CT molecular complexity index is 393. The molecule has 2 N–H and O–H groups in total. The predicted octanol–water partition coefficient (Wildman–Crippen LogP) is 2.64. The van der Waals surface area contributed by atoms with Crippen LogP contribution in [0.1, 0.15) is 39.3 Å². The molecule has 5 heteroatoms. The summed E-state index contributed by atoms with van der Waals surface area (Å²) in [7, 11) is 0. The minimum Gasteiger partial charge on any atom is -0.598 e. The Kier molecular flexibility index (Phi) is 4.41. The maximum absolute atomic E-state index is 13.1. The molecule has 0 saturated heterocycles. The van der Waals surface area contributed by atoms with E-state index < -0.39 is 21.9 Å². The zero-order chi connectivity index (χ0) is 13.2. The Hall–Kier alpha value is -0.780. The SMILES string of the molecule is C[C@@H](N[S@+]([O-])C(C)(C)C)c1cc(F)ccc1O. The number of hydrogen-bond donors (Lipinski definition) is 2. The smallest absolute Gasteiger partial charge is 0.136 e. The van der Waals surface area contributed by atoms with Crippen LogP contribution in [-0.4, -0.2) is 14.4 Å². The van der Waals surface area contributed by atoms with E-state index in [1.807, 2.05) is 20.8 Å². The van der Waals surface area contributed by atoms with Crippen molar-refractivity contribution in [2.45, 2.75) is 38.5 Å². The van der Waals surface area contributed by atoms with Gasteiger partial charge in [0.1, 0.15) is 16.3 Å². The van der Waals surface area contributed by atoms with E-state index in [1.165, 1.54) is 18.2 Å². The molecule has 0 saturated carbocycles. The first kappa shape index (κ1) is 14.3. The minimum absolute atomic E-state index is 0.00249.